The summed E-state index contributed by atoms with van der Waals surface area (Å²) in [4.78, 5) is 0. The van der Waals surface area contributed by atoms with E-state index in [0.29, 0.717) is 11.5 Å². The quantitative estimate of drug-likeness (QED) is 0.405. The summed E-state index contributed by atoms with van der Waals surface area (Å²) in [6.07, 6.45) is 0. The van der Waals surface area contributed by atoms with Crippen molar-refractivity contribution >= 4 is 0 Å². The Labute approximate surface area is 175 Å². The van der Waals surface area contributed by atoms with Gasteiger partial charge in [-0.05, 0) is 72.8 Å². The lowest BCUT2D eigenvalue weighted by Crippen LogP contribution is -2.36. The van der Waals surface area contributed by atoms with Crippen LogP contribution in [0.2, 0.25) is 0 Å². The summed E-state index contributed by atoms with van der Waals surface area (Å²) < 4.78 is 24.0. The molecule has 1 aliphatic rings. The first-order valence-electron chi connectivity index (χ1n) is 9.72. The number of methoxy groups -OCH3 is 1. The molecule has 30 heavy (non-hydrogen) atoms. The van der Waals surface area contributed by atoms with Crippen LogP contribution >= 0.6 is 0 Å². The van der Waals surface area contributed by atoms with E-state index in [1.807, 2.05) is 103 Å². The molecule has 1 heterocycles. The number of benzene rings is 4. The van der Waals surface area contributed by atoms with E-state index in [1.54, 1.807) is 7.11 Å². The molecule has 4 nitrogen and oxygen atoms in total. The normalized spacial score (nSPS) is 13.6. The van der Waals surface area contributed by atoms with Gasteiger partial charge in [-0.15, -0.1) is 0 Å². The minimum absolute atomic E-state index is 0.706. The lowest BCUT2D eigenvalue weighted by Gasteiger charge is -2.29. The number of ether oxygens (including phenoxy) is 4. The number of hydrogen-bond donors (Lipinski definition) is 0. The third-order valence-corrected chi connectivity index (χ3v) is 5.04. The number of hydrogen-bond acceptors (Lipinski definition) is 4. The van der Waals surface area contributed by atoms with Gasteiger partial charge in [0.05, 0.1) is 7.11 Å². The smallest absolute Gasteiger partial charge is 0.305 e. The first kappa shape index (κ1) is 18.1. The monoisotopic (exact) mass is 396 g/mol. The largest absolute Gasteiger partial charge is 0.497 e. The molecule has 0 N–H and O–H groups in total. The molecule has 0 saturated carbocycles. The van der Waals surface area contributed by atoms with Gasteiger partial charge in [0, 0.05) is 11.1 Å². The molecule has 5 rings (SSSR count). The van der Waals surface area contributed by atoms with Crippen molar-refractivity contribution in [2.45, 2.75) is 5.79 Å². The minimum atomic E-state index is -1.08. The van der Waals surface area contributed by atoms with E-state index in [2.05, 4.69) is 0 Å². The van der Waals surface area contributed by atoms with Gasteiger partial charge in [0.1, 0.15) is 17.2 Å². The summed E-state index contributed by atoms with van der Waals surface area (Å²) in [5.74, 6) is 2.63. The van der Waals surface area contributed by atoms with Gasteiger partial charge >= 0.3 is 5.79 Å². The summed E-state index contributed by atoms with van der Waals surface area (Å²) in [5, 5.41) is 0. The molecule has 0 saturated heterocycles. The number of para-hydroxylation sites is 3. The minimum Gasteiger partial charge on any atom is -0.497 e. The highest BCUT2D eigenvalue weighted by atomic mass is 16.7. The highest BCUT2D eigenvalue weighted by Gasteiger charge is 2.45. The maximum Gasteiger partial charge on any atom is 0.305 e. The van der Waals surface area contributed by atoms with Crippen molar-refractivity contribution in [3.05, 3.63) is 114 Å². The topological polar surface area (TPSA) is 36.9 Å². The zero-order valence-corrected chi connectivity index (χ0v) is 16.4. The van der Waals surface area contributed by atoms with Crippen molar-refractivity contribution in [3.8, 4) is 28.7 Å². The Morgan fingerprint density at radius 2 is 1.00 bits per heavy atom. The van der Waals surface area contributed by atoms with Crippen LogP contribution in [0.1, 0.15) is 11.1 Å². The van der Waals surface area contributed by atoms with Gasteiger partial charge in [0.15, 0.2) is 11.5 Å². The van der Waals surface area contributed by atoms with E-state index < -0.39 is 5.79 Å². The van der Waals surface area contributed by atoms with Crippen LogP contribution in [0.4, 0.5) is 0 Å². The molecular formula is C26H20O4. The Morgan fingerprint density at radius 3 is 1.53 bits per heavy atom. The summed E-state index contributed by atoms with van der Waals surface area (Å²) in [5.41, 5.74) is 1.74. The molecule has 0 aliphatic carbocycles. The Bertz CT molecular complexity index is 1110. The van der Waals surface area contributed by atoms with Crippen LogP contribution < -0.4 is 18.9 Å². The van der Waals surface area contributed by atoms with E-state index >= 15 is 0 Å². The number of fused-ring (bicyclic) bond motifs is 1. The highest BCUT2D eigenvalue weighted by Crippen LogP contribution is 2.47. The zero-order chi connectivity index (χ0) is 20.4. The summed E-state index contributed by atoms with van der Waals surface area (Å²) in [6, 6.07) is 32.9. The van der Waals surface area contributed by atoms with Crippen molar-refractivity contribution in [1.29, 1.82) is 0 Å². The predicted molar refractivity (Wildman–Crippen MR) is 114 cm³/mol. The molecule has 4 heteroatoms. The Balaban J connectivity index is 1.52. The maximum absolute atomic E-state index is 6.39. The van der Waals surface area contributed by atoms with Gasteiger partial charge in [0.25, 0.3) is 0 Å². The first-order chi connectivity index (χ1) is 14.8. The molecule has 0 fully saturated rings. The fraction of sp³-hybridized carbons (Fsp3) is 0.0769. The van der Waals surface area contributed by atoms with Crippen LogP contribution in [0.25, 0.3) is 0 Å². The molecule has 0 atom stereocenters. The van der Waals surface area contributed by atoms with Crippen LogP contribution in [0, 0.1) is 0 Å². The molecule has 0 bridgehead atoms. The second kappa shape index (κ2) is 7.48. The molecule has 1 aliphatic heterocycles. The van der Waals surface area contributed by atoms with E-state index in [-0.39, 0.29) is 0 Å². The van der Waals surface area contributed by atoms with Crippen molar-refractivity contribution in [2.75, 3.05) is 7.11 Å². The molecule has 4 aromatic carbocycles. The molecule has 0 unspecified atom stereocenters. The van der Waals surface area contributed by atoms with Crippen molar-refractivity contribution in [2.24, 2.45) is 0 Å². The average Bonchev–Trinajstić information content (AvgIpc) is 3.21. The molecular weight excluding hydrogens is 376 g/mol. The summed E-state index contributed by atoms with van der Waals surface area (Å²) >= 11 is 0. The third-order valence-electron chi connectivity index (χ3n) is 5.04. The standard InChI is InChI=1S/C26H20O4/c1-27-21-15-11-19(12-16-21)26(29-24-9-5-6-10-25(24)30-26)20-13-17-23(18-14-20)28-22-7-3-2-4-8-22/h2-18H,1H3. The van der Waals surface area contributed by atoms with Crippen LogP contribution in [0.15, 0.2) is 103 Å². The molecule has 0 amide bonds. The van der Waals surface area contributed by atoms with E-state index in [0.717, 1.165) is 28.4 Å². The Morgan fingerprint density at radius 1 is 0.533 bits per heavy atom. The Hall–Kier alpha value is -3.92. The number of rotatable bonds is 5. The van der Waals surface area contributed by atoms with Crippen LogP contribution in [0.5, 0.6) is 28.7 Å². The zero-order valence-electron chi connectivity index (χ0n) is 16.4. The SMILES string of the molecule is COc1ccc(C2(c3ccc(Oc4ccccc4)cc3)Oc3ccccc3O2)cc1. The predicted octanol–water partition coefficient (Wildman–Crippen LogP) is 6.16. The fourth-order valence-corrected chi connectivity index (χ4v) is 3.53. The summed E-state index contributed by atoms with van der Waals surface area (Å²) in [7, 11) is 1.65. The summed E-state index contributed by atoms with van der Waals surface area (Å²) in [6.45, 7) is 0. The maximum atomic E-state index is 6.39. The van der Waals surface area contributed by atoms with Crippen molar-refractivity contribution in [3.63, 3.8) is 0 Å². The molecule has 148 valence electrons. The second-order valence-electron chi connectivity index (χ2n) is 6.94. The van der Waals surface area contributed by atoms with Gasteiger partial charge in [0.2, 0.25) is 0 Å². The van der Waals surface area contributed by atoms with Gasteiger partial charge in [-0.2, -0.15) is 0 Å². The molecule has 0 radical (unpaired) electrons. The van der Waals surface area contributed by atoms with Gasteiger partial charge < -0.3 is 18.9 Å². The lowest BCUT2D eigenvalue weighted by atomic mass is 9.97. The van der Waals surface area contributed by atoms with Crippen molar-refractivity contribution in [1.82, 2.24) is 0 Å². The fourth-order valence-electron chi connectivity index (χ4n) is 3.53. The van der Waals surface area contributed by atoms with Gasteiger partial charge in [-0.3, -0.25) is 0 Å². The van der Waals surface area contributed by atoms with Crippen molar-refractivity contribution < 1.29 is 18.9 Å². The highest BCUT2D eigenvalue weighted by molar-refractivity contribution is 5.50. The second-order valence-corrected chi connectivity index (χ2v) is 6.94. The van der Waals surface area contributed by atoms with Crippen LogP contribution in [-0.4, -0.2) is 7.11 Å². The van der Waals surface area contributed by atoms with E-state index in [1.165, 1.54) is 0 Å². The molecule has 0 aromatic heterocycles. The van der Waals surface area contributed by atoms with Crippen LogP contribution in [-0.2, 0) is 5.79 Å². The molecule has 4 aromatic rings. The van der Waals surface area contributed by atoms with Crippen LogP contribution in [0.3, 0.4) is 0 Å². The van der Waals surface area contributed by atoms with E-state index in [4.69, 9.17) is 18.9 Å². The first-order valence-corrected chi connectivity index (χ1v) is 9.72. The lowest BCUT2D eigenvalue weighted by molar-refractivity contribution is -0.0459. The van der Waals surface area contributed by atoms with Gasteiger partial charge in [-0.25, -0.2) is 0 Å². The third kappa shape index (κ3) is 3.22. The molecule has 0 spiro atoms. The van der Waals surface area contributed by atoms with E-state index in [9.17, 15) is 0 Å². The Kier molecular flexibility index (Phi) is 4.52. The van der Waals surface area contributed by atoms with Gasteiger partial charge in [-0.1, -0.05) is 30.3 Å². The average molecular weight is 396 g/mol.